The van der Waals surface area contributed by atoms with Crippen LogP contribution >= 0.6 is 0 Å². The molecule has 0 aliphatic carbocycles. The fourth-order valence-corrected chi connectivity index (χ4v) is 2.91. The van der Waals surface area contributed by atoms with Crippen LogP contribution in [0.25, 0.3) is 0 Å². The Morgan fingerprint density at radius 2 is 1.62 bits per heavy atom. The minimum Gasteiger partial charge on any atom is -0.478 e. The first-order valence-corrected chi connectivity index (χ1v) is 7.99. The highest BCUT2D eigenvalue weighted by atomic mass is 32.2. The van der Waals surface area contributed by atoms with Gasteiger partial charge in [0.1, 0.15) is 0 Å². The first-order chi connectivity index (χ1) is 9.96. The molecule has 2 aromatic rings. The van der Waals surface area contributed by atoms with Crippen LogP contribution in [0.5, 0.6) is 0 Å². The summed E-state index contributed by atoms with van der Waals surface area (Å²) in [5.74, 6) is -1.08. The molecule has 0 heterocycles. The Morgan fingerprint density at radius 1 is 1.00 bits per heavy atom. The van der Waals surface area contributed by atoms with Gasteiger partial charge in [0.25, 0.3) is 0 Å². The molecule has 0 amide bonds. The lowest BCUT2D eigenvalue weighted by Crippen LogP contribution is -2.18. The molecule has 0 saturated carbocycles. The van der Waals surface area contributed by atoms with Gasteiger partial charge in [0.2, 0.25) is 10.0 Å². The average Bonchev–Trinajstić information content (AvgIpc) is 2.46. The van der Waals surface area contributed by atoms with Crippen LogP contribution < -0.4 is 4.72 Å². The van der Waals surface area contributed by atoms with E-state index >= 15 is 0 Å². The van der Waals surface area contributed by atoms with Crippen molar-refractivity contribution in [2.45, 2.75) is 6.42 Å². The molecule has 0 saturated heterocycles. The van der Waals surface area contributed by atoms with Gasteiger partial charge in [0, 0.05) is 5.69 Å². The first-order valence-electron chi connectivity index (χ1n) is 6.34. The standard InChI is InChI=1S/C15H15NO4S/c17-15(18)13-6-8-14(9-7-13)16-21(19,20)11-10-12-4-2-1-3-5-12/h1-9,16H,10-11H2,(H,17,18). The summed E-state index contributed by atoms with van der Waals surface area (Å²) in [6.45, 7) is 0. The van der Waals surface area contributed by atoms with Crippen molar-refractivity contribution in [2.75, 3.05) is 10.5 Å². The first kappa shape index (κ1) is 15.1. The van der Waals surface area contributed by atoms with Gasteiger partial charge in [-0.05, 0) is 36.2 Å². The molecule has 0 radical (unpaired) electrons. The summed E-state index contributed by atoms with van der Waals surface area (Å²) in [7, 11) is -3.46. The van der Waals surface area contributed by atoms with E-state index in [4.69, 9.17) is 5.11 Å². The summed E-state index contributed by atoms with van der Waals surface area (Å²) in [5.41, 5.74) is 1.42. The monoisotopic (exact) mass is 305 g/mol. The Bertz CT molecular complexity index is 709. The normalized spacial score (nSPS) is 11.0. The Morgan fingerprint density at radius 3 is 2.19 bits per heavy atom. The largest absolute Gasteiger partial charge is 0.478 e. The van der Waals surface area contributed by atoms with Gasteiger partial charge < -0.3 is 5.11 Å². The molecule has 0 spiro atoms. The number of carboxylic acid groups (broad SMARTS) is 1. The summed E-state index contributed by atoms with van der Waals surface area (Å²) in [5, 5.41) is 8.78. The molecule has 0 aliphatic rings. The molecule has 2 N–H and O–H groups in total. The van der Waals surface area contributed by atoms with Gasteiger partial charge in [-0.2, -0.15) is 0 Å². The van der Waals surface area contributed by atoms with Crippen molar-refractivity contribution in [1.82, 2.24) is 0 Å². The number of hydrogen-bond acceptors (Lipinski definition) is 3. The maximum atomic E-state index is 12.0. The lowest BCUT2D eigenvalue weighted by molar-refractivity contribution is 0.0697. The van der Waals surface area contributed by atoms with Crippen LogP contribution in [0.2, 0.25) is 0 Å². The quantitative estimate of drug-likeness (QED) is 0.858. The van der Waals surface area contributed by atoms with Crippen molar-refractivity contribution in [3.05, 3.63) is 65.7 Å². The second kappa shape index (κ2) is 6.41. The smallest absolute Gasteiger partial charge is 0.335 e. The fourth-order valence-electron chi connectivity index (χ4n) is 1.81. The van der Waals surface area contributed by atoms with E-state index in [1.165, 1.54) is 24.3 Å². The summed E-state index contributed by atoms with van der Waals surface area (Å²) < 4.78 is 26.4. The van der Waals surface area contributed by atoms with Crippen LogP contribution in [-0.2, 0) is 16.4 Å². The number of carboxylic acids is 1. The molecule has 5 nitrogen and oxygen atoms in total. The van der Waals surface area contributed by atoms with Crippen LogP contribution in [-0.4, -0.2) is 25.2 Å². The van der Waals surface area contributed by atoms with Crippen LogP contribution in [0.1, 0.15) is 15.9 Å². The van der Waals surface area contributed by atoms with Gasteiger partial charge in [-0.15, -0.1) is 0 Å². The lowest BCUT2D eigenvalue weighted by atomic mass is 10.2. The molecular formula is C15H15NO4S. The number of carbonyl (C=O) groups is 1. The maximum Gasteiger partial charge on any atom is 0.335 e. The zero-order valence-electron chi connectivity index (χ0n) is 11.2. The summed E-state index contributed by atoms with van der Waals surface area (Å²) in [6.07, 6.45) is 0.420. The van der Waals surface area contributed by atoms with Gasteiger partial charge in [0.05, 0.1) is 11.3 Å². The molecule has 0 bridgehead atoms. The molecule has 0 unspecified atom stereocenters. The number of benzene rings is 2. The Hall–Kier alpha value is -2.34. The third-order valence-corrected chi connectivity index (χ3v) is 4.20. The van der Waals surface area contributed by atoms with E-state index < -0.39 is 16.0 Å². The summed E-state index contributed by atoms with van der Waals surface area (Å²) >= 11 is 0. The van der Waals surface area contributed by atoms with Crippen molar-refractivity contribution >= 4 is 21.7 Å². The third-order valence-electron chi connectivity index (χ3n) is 2.91. The number of hydrogen-bond donors (Lipinski definition) is 2. The van der Waals surface area contributed by atoms with E-state index in [0.717, 1.165) is 5.56 Å². The second-order valence-corrected chi connectivity index (χ2v) is 6.38. The summed E-state index contributed by atoms with van der Waals surface area (Å²) in [6, 6.07) is 14.9. The van der Waals surface area contributed by atoms with Gasteiger partial charge >= 0.3 is 5.97 Å². The molecular weight excluding hydrogens is 290 g/mol. The number of anilines is 1. The van der Waals surface area contributed by atoms with Gasteiger partial charge in [-0.25, -0.2) is 13.2 Å². The number of aromatic carboxylic acids is 1. The average molecular weight is 305 g/mol. The SMILES string of the molecule is O=C(O)c1ccc(NS(=O)(=O)CCc2ccccc2)cc1. The van der Waals surface area contributed by atoms with Crippen LogP contribution in [0.15, 0.2) is 54.6 Å². The van der Waals surface area contributed by atoms with E-state index in [9.17, 15) is 13.2 Å². The topological polar surface area (TPSA) is 83.5 Å². The van der Waals surface area contributed by atoms with Crippen molar-refractivity contribution in [1.29, 1.82) is 0 Å². The molecule has 2 rings (SSSR count). The molecule has 2 aromatic carbocycles. The predicted molar refractivity (Wildman–Crippen MR) is 81.0 cm³/mol. The third kappa shape index (κ3) is 4.61. The highest BCUT2D eigenvalue weighted by Gasteiger charge is 2.11. The van der Waals surface area contributed by atoms with Gasteiger partial charge in [-0.1, -0.05) is 30.3 Å². The van der Waals surface area contributed by atoms with Crippen LogP contribution in [0, 0.1) is 0 Å². The minimum atomic E-state index is -3.46. The number of sulfonamides is 1. The van der Waals surface area contributed by atoms with Crippen LogP contribution in [0.3, 0.4) is 0 Å². The van der Waals surface area contributed by atoms with Crippen molar-refractivity contribution in [2.24, 2.45) is 0 Å². The summed E-state index contributed by atoms with van der Waals surface area (Å²) in [4.78, 5) is 10.7. The molecule has 6 heteroatoms. The minimum absolute atomic E-state index is 0.0301. The Labute approximate surface area is 123 Å². The lowest BCUT2D eigenvalue weighted by Gasteiger charge is -2.08. The predicted octanol–water partition coefficient (Wildman–Crippen LogP) is 2.37. The molecule has 0 atom stereocenters. The van der Waals surface area contributed by atoms with Gasteiger partial charge in [-0.3, -0.25) is 4.72 Å². The van der Waals surface area contributed by atoms with Gasteiger partial charge in [0.15, 0.2) is 0 Å². The van der Waals surface area contributed by atoms with Crippen molar-refractivity contribution in [3.63, 3.8) is 0 Å². The maximum absolute atomic E-state index is 12.0. The zero-order valence-corrected chi connectivity index (χ0v) is 12.0. The second-order valence-electron chi connectivity index (χ2n) is 4.54. The van der Waals surface area contributed by atoms with E-state index in [-0.39, 0.29) is 11.3 Å². The highest BCUT2D eigenvalue weighted by Crippen LogP contribution is 2.12. The Balaban J connectivity index is 1.99. The van der Waals surface area contributed by atoms with E-state index in [0.29, 0.717) is 12.1 Å². The van der Waals surface area contributed by atoms with E-state index in [1.807, 2.05) is 30.3 Å². The van der Waals surface area contributed by atoms with Crippen molar-refractivity contribution < 1.29 is 18.3 Å². The fraction of sp³-hybridized carbons (Fsp3) is 0.133. The number of rotatable bonds is 6. The molecule has 0 aromatic heterocycles. The van der Waals surface area contributed by atoms with E-state index in [1.54, 1.807) is 0 Å². The zero-order chi connectivity index (χ0) is 15.3. The van der Waals surface area contributed by atoms with E-state index in [2.05, 4.69) is 4.72 Å². The Kier molecular flexibility index (Phi) is 4.59. The molecule has 0 aliphatic heterocycles. The molecule has 110 valence electrons. The molecule has 21 heavy (non-hydrogen) atoms. The van der Waals surface area contributed by atoms with Crippen LogP contribution in [0.4, 0.5) is 5.69 Å². The number of nitrogens with one attached hydrogen (secondary N) is 1. The van der Waals surface area contributed by atoms with Crippen molar-refractivity contribution in [3.8, 4) is 0 Å². The highest BCUT2D eigenvalue weighted by molar-refractivity contribution is 7.92. The number of aryl methyl sites for hydroxylation is 1. The molecule has 0 fully saturated rings.